The van der Waals surface area contributed by atoms with Crippen LogP contribution in [0.1, 0.15) is 43.5 Å². The van der Waals surface area contributed by atoms with Gasteiger partial charge in [0.15, 0.2) is 0 Å². The minimum Gasteiger partial charge on any atom is -0.358 e. The average molecular weight is 228 g/mol. The number of aromatic amines is 1. The molecule has 0 spiro atoms. The van der Waals surface area contributed by atoms with Crippen molar-refractivity contribution in [2.75, 3.05) is 0 Å². The summed E-state index contributed by atoms with van der Waals surface area (Å²) in [6, 6.07) is 7.41. The van der Waals surface area contributed by atoms with E-state index in [2.05, 4.69) is 49.3 Å². The Hall–Kier alpha value is -1.28. The van der Waals surface area contributed by atoms with Gasteiger partial charge in [-0.2, -0.15) is 0 Å². The van der Waals surface area contributed by atoms with E-state index in [1.807, 2.05) is 0 Å². The Labute approximate surface area is 102 Å². The molecule has 0 radical (unpaired) electrons. The minimum absolute atomic E-state index is 0.583. The van der Waals surface area contributed by atoms with Gasteiger partial charge < -0.3 is 10.3 Å². The van der Waals surface area contributed by atoms with Gasteiger partial charge in [0.1, 0.15) is 0 Å². The first-order valence-corrected chi connectivity index (χ1v) is 6.52. The van der Waals surface area contributed by atoms with Crippen LogP contribution < -0.4 is 5.32 Å². The number of fused-ring (bicyclic) bond motifs is 3. The van der Waals surface area contributed by atoms with Crippen LogP contribution in [-0.2, 0) is 13.0 Å². The van der Waals surface area contributed by atoms with E-state index < -0.39 is 0 Å². The van der Waals surface area contributed by atoms with Crippen LogP contribution in [0, 0.1) is 0 Å². The SMILES string of the molecule is CC1Cc2[nH]c3ccc(C(C)C)cc3c2CN1. The van der Waals surface area contributed by atoms with Gasteiger partial charge in [0, 0.05) is 35.6 Å². The van der Waals surface area contributed by atoms with E-state index in [1.54, 1.807) is 0 Å². The number of H-pyrrole nitrogens is 1. The van der Waals surface area contributed by atoms with E-state index in [1.165, 1.54) is 27.7 Å². The summed E-state index contributed by atoms with van der Waals surface area (Å²) in [7, 11) is 0. The average Bonchev–Trinajstić information content (AvgIpc) is 2.64. The zero-order valence-electron chi connectivity index (χ0n) is 10.8. The molecule has 1 unspecified atom stereocenters. The van der Waals surface area contributed by atoms with Gasteiger partial charge in [-0.05, 0) is 36.1 Å². The van der Waals surface area contributed by atoms with Crippen LogP contribution in [0.25, 0.3) is 10.9 Å². The molecule has 2 aromatic rings. The summed E-state index contributed by atoms with van der Waals surface area (Å²) in [6.45, 7) is 7.74. The molecule has 3 rings (SSSR count). The fraction of sp³-hybridized carbons (Fsp3) is 0.467. The molecule has 1 aliphatic rings. The molecule has 2 heteroatoms. The van der Waals surface area contributed by atoms with Gasteiger partial charge in [-0.25, -0.2) is 0 Å². The Morgan fingerprint density at radius 1 is 1.29 bits per heavy atom. The maximum atomic E-state index is 3.57. The molecule has 0 saturated heterocycles. The molecule has 1 aliphatic heterocycles. The van der Waals surface area contributed by atoms with Crippen LogP contribution in [0.4, 0.5) is 0 Å². The summed E-state index contributed by atoms with van der Waals surface area (Å²) >= 11 is 0. The molecular formula is C15H20N2. The molecule has 0 bridgehead atoms. The molecular weight excluding hydrogens is 208 g/mol. The molecule has 0 amide bonds. The van der Waals surface area contributed by atoms with E-state index >= 15 is 0 Å². The molecule has 0 saturated carbocycles. The maximum absolute atomic E-state index is 3.57. The predicted molar refractivity (Wildman–Crippen MR) is 72.4 cm³/mol. The number of nitrogens with one attached hydrogen (secondary N) is 2. The topological polar surface area (TPSA) is 27.8 Å². The molecule has 1 aromatic carbocycles. The van der Waals surface area contributed by atoms with Gasteiger partial charge in [-0.1, -0.05) is 19.9 Å². The highest BCUT2D eigenvalue weighted by Gasteiger charge is 2.19. The molecule has 90 valence electrons. The number of hydrogen-bond donors (Lipinski definition) is 2. The summed E-state index contributed by atoms with van der Waals surface area (Å²) < 4.78 is 0. The minimum atomic E-state index is 0.583. The largest absolute Gasteiger partial charge is 0.358 e. The van der Waals surface area contributed by atoms with Gasteiger partial charge in [0.2, 0.25) is 0 Å². The molecule has 2 heterocycles. The number of hydrogen-bond acceptors (Lipinski definition) is 1. The van der Waals surface area contributed by atoms with Gasteiger partial charge >= 0.3 is 0 Å². The highest BCUT2D eigenvalue weighted by Crippen LogP contribution is 2.29. The highest BCUT2D eigenvalue weighted by atomic mass is 14.9. The smallest absolute Gasteiger partial charge is 0.0459 e. The van der Waals surface area contributed by atoms with Crippen LogP contribution in [0.15, 0.2) is 18.2 Å². The van der Waals surface area contributed by atoms with Crippen molar-refractivity contribution in [3.05, 3.63) is 35.0 Å². The normalized spacial score (nSPS) is 19.9. The lowest BCUT2D eigenvalue weighted by Gasteiger charge is -2.20. The van der Waals surface area contributed by atoms with Gasteiger partial charge in [0.05, 0.1) is 0 Å². The first-order chi connectivity index (χ1) is 8.15. The molecule has 2 nitrogen and oxygen atoms in total. The van der Waals surface area contributed by atoms with Crippen LogP contribution in [0.3, 0.4) is 0 Å². The van der Waals surface area contributed by atoms with Crippen molar-refractivity contribution < 1.29 is 0 Å². The maximum Gasteiger partial charge on any atom is 0.0459 e. The summed E-state index contributed by atoms with van der Waals surface area (Å²) in [6.07, 6.45) is 1.11. The van der Waals surface area contributed by atoms with Crippen molar-refractivity contribution in [2.45, 2.75) is 45.7 Å². The lowest BCUT2D eigenvalue weighted by molar-refractivity contribution is 0.511. The third-order valence-corrected chi connectivity index (χ3v) is 3.82. The van der Waals surface area contributed by atoms with E-state index in [0.29, 0.717) is 12.0 Å². The standard InChI is InChI=1S/C15H20N2/c1-9(2)11-4-5-14-12(7-11)13-8-16-10(3)6-15(13)17-14/h4-5,7,9-10,16-17H,6,8H2,1-3H3. The van der Waals surface area contributed by atoms with Crippen LogP contribution >= 0.6 is 0 Å². The second-order valence-corrected chi connectivity index (χ2v) is 5.53. The van der Waals surface area contributed by atoms with Gasteiger partial charge in [-0.15, -0.1) is 0 Å². The van der Waals surface area contributed by atoms with E-state index in [4.69, 9.17) is 0 Å². The Kier molecular flexibility index (Phi) is 2.48. The molecule has 0 fully saturated rings. The zero-order chi connectivity index (χ0) is 12.0. The van der Waals surface area contributed by atoms with Crippen molar-refractivity contribution in [3.63, 3.8) is 0 Å². The monoisotopic (exact) mass is 228 g/mol. The van der Waals surface area contributed by atoms with Crippen LogP contribution in [0.2, 0.25) is 0 Å². The summed E-state index contributed by atoms with van der Waals surface area (Å²) in [5, 5.41) is 4.95. The van der Waals surface area contributed by atoms with Crippen molar-refractivity contribution in [1.29, 1.82) is 0 Å². The second kappa shape index (κ2) is 3.88. The van der Waals surface area contributed by atoms with E-state index in [9.17, 15) is 0 Å². The first kappa shape index (κ1) is 10.8. The molecule has 17 heavy (non-hydrogen) atoms. The summed E-state index contributed by atoms with van der Waals surface area (Å²) in [5.74, 6) is 0.598. The lowest BCUT2D eigenvalue weighted by Crippen LogP contribution is -2.32. The number of aromatic nitrogens is 1. The zero-order valence-corrected chi connectivity index (χ0v) is 10.8. The van der Waals surface area contributed by atoms with Gasteiger partial charge in [0.25, 0.3) is 0 Å². The quantitative estimate of drug-likeness (QED) is 0.770. The Balaban J connectivity index is 2.16. The summed E-state index contributed by atoms with van der Waals surface area (Å²) in [4.78, 5) is 3.57. The fourth-order valence-electron chi connectivity index (χ4n) is 2.71. The first-order valence-electron chi connectivity index (χ1n) is 6.52. The Bertz CT molecular complexity index is 551. The van der Waals surface area contributed by atoms with Crippen molar-refractivity contribution in [2.24, 2.45) is 0 Å². The predicted octanol–water partition coefficient (Wildman–Crippen LogP) is 3.33. The van der Waals surface area contributed by atoms with E-state index in [-0.39, 0.29) is 0 Å². The van der Waals surface area contributed by atoms with Crippen LogP contribution in [0.5, 0.6) is 0 Å². The molecule has 1 aromatic heterocycles. The Morgan fingerprint density at radius 2 is 2.12 bits per heavy atom. The van der Waals surface area contributed by atoms with Gasteiger partial charge in [-0.3, -0.25) is 0 Å². The van der Waals surface area contributed by atoms with Crippen molar-refractivity contribution in [1.82, 2.24) is 10.3 Å². The highest BCUT2D eigenvalue weighted by molar-refractivity contribution is 5.85. The molecule has 2 N–H and O–H groups in total. The molecule has 0 aliphatic carbocycles. The second-order valence-electron chi connectivity index (χ2n) is 5.53. The fourth-order valence-corrected chi connectivity index (χ4v) is 2.71. The molecule has 1 atom stereocenters. The van der Waals surface area contributed by atoms with Crippen molar-refractivity contribution >= 4 is 10.9 Å². The van der Waals surface area contributed by atoms with Crippen LogP contribution in [-0.4, -0.2) is 11.0 Å². The lowest BCUT2D eigenvalue weighted by atomic mass is 9.97. The number of benzene rings is 1. The summed E-state index contributed by atoms with van der Waals surface area (Å²) in [5.41, 5.74) is 5.61. The third kappa shape index (κ3) is 1.77. The third-order valence-electron chi connectivity index (χ3n) is 3.82. The Morgan fingerprint density at radius 3 is 2.88 bits per heavy atom. The number of rotatable bonds is 1. The van der Waals surface area contributed by atoms with E-state index in [0.717, 1.165) is 13.0 Å². The van der Waals surface area contributed by atoms with Crippen molar-refractivity contribution in [3.8, 4) is 0 Å².